The molecule has 2 aromatic rings. The zero-order valence-electron chi connectivity index (χ0n) is 12.9. The zero-order valence-corrected chi connectivity index (χ0v) is 12.9. The second kappa shape index (κ2) is 6.94. The number of fused-ring (bicyclic) bond motifs is 1. The summed E-state index contributed by atoms with van der Waals surface area (Å²) in [6.07, 6.45) is 8.41. The highest BCUT2D eigenvalue weighted by Crippen LogP contribution is 2.20. The van der Waals surface area contributed by atoms with Crippen LogP contribution in [0.5, 0.6) is 0 Å². The topological polar surface area (TPSA) is 44.0 Å². The third-order valence-corrected chi connectivity index (χ3v) is 4.48. The number of anilines is 1. The van der Waals surface area contributed by atoms with E-state index in [-0.39, 0.29) is 0 Å². The van der Waals surface area contributed by atoms with Crippen LogP contribution in [-0.2, 0) is 0 Å². The smallest absolute Gasteiger partial charge is 0.0651 e. The number of unbranched alkanes of at least 4 members (excludes halogenated alkanes) is 2. The molecule has 2 heterocycles. The highest BCUT2D eigenvalue weighted by Gasteiger charge is 2.18. The lowest BCUT2D eigenvalue weighted by Crippen LogP contribution is -2.39. The Hall–Kier alpha value is -1.55. The van der Waals surface area contributed by atoms with Crippen molar-refractivity contribution in [3.05, 3.63) is 24.4 Å². The minimum absolute atomic E-state index is 0.608. The van der Waals surface area contributed by atoms with Crippen LogP contribution in [-0.4, -0.2) is 40.8 Å². The fourth-order valence-electron chi connectivity index (χ4n) is 3.15. The summed E-state index contributed by atoms with van der Waals surface area (Å²) in [6, 6.07) is 7.04. The maximum Gasteiger partial charge on any atom is 0.0651 e. The zero-order chi connectivity index (χ0) is 14.5. The second-order valence-corrected chi connectivity index (χ2v) is 6.14. The molecule has 114 valence electrons. The summed E-state index contributed by atoms with van der Waals surface area (Å²) in [5, 5.41) is 11.9. The van der Waals surface area contributed by atoms with Gasteiger partial charge in [-0.05, 0) is 44.0 Å². The Kier molecular flexibility index (Phi) is 4.76. The van der Waals surface area contributed by atoms with Gasteiger partial charge in [-0.3, -0.25) is 5.10 Å². The maximum atomic E-state index is 4.08. The summed E-state index contributed by atoms with van der Waals surface area (Å²) in [6.45, 7) is 6.01. The fourth-order valence-corrected chi connectivity index (χ4v) is 3.15. The molecule has 1 fully saturated rings. The highest BCUT2D eigenvalue weighted by atomic mass is 15.1. The van der Waals surface area contributed by atoms with Gasteiger partial charge in [0.25, 0.3) is 0 Å². The lowest BCUT2D eigenvalue weighted by molar-refractivity contribution is 0.215. The first-order valence-corrected chi connectivity index (χ1v) is 8.27. The van der Waals surface area contributed by atoms with Gasteiger partial charge in [0.1, 0.15) is 0 Å². The third kappa shape index (κ3) is 3.76. The summed E-state index contributed by atoms with van der Waals surface area (Å²) in [7, 11) is 0. The number of benzene rings is 1. The van der Waals surface area contributed by atoms with Gasteiger partial charge < -0.3 is 10.2 Å². The molecule has 0 amide bonds. The van der Waals surface area contributed by atoms with Gasteiger partial charge in [0.2, 0.25) is 0 Å². The molecule has 21 heavy (non-hydrogen) atoms. The molecule has 2 N–H and O–H groups in total. The predicted molar refractivity (Wildman–Crippen MR) is 88.7 cm³/mol. The van der Waals surface area contributed by atoms with E-state index >= 15 is 0 Å². The Balaban J connectivity index is 1.48. The van der Waals surface area contributed by atoms with Gasteiger partial charge in [-0.15, -0.1) is 0 Å². The van der Waals surface area contributed by atoms with E-state index in [1.54, 1.807) is 0 Å². The summed E-state index contributed by atoms with van der Waals surface area (Å²) in [4.78, 5) is 2.62. The lowest BCUT2D eigenvalue weighted by atomic mass is 10.0. The van der Waals surface area contributed by atoms with Gasteiger partial charge in [-0.25, -0.2) is 0 Å². The fraction of sp³-hybridized carbons (Fsp3) is 0.588. The largest absolute Gasteiger partial charge is 0.382 e. The third-order valence-electron chi connectivity index (χ3n) is 4.48. The molecular formula is C17H26N4. The quantitative estimate of drug-likeness (QED) is 0.797. The van der Waals surface area contributed by atoms with E-state index in [0.29, 0.717) is 6.04 Å². The molecule has 0 aliphatic carbocycles. The highest BCUT2D eigenvalue weighted by molar-refractivity contribution is 5.81. The van der Waals surface area contributed by atoms with Gasteiger partial charge >= 0.3 is 0 Å². The minimum Gasteiger partial charge on any atom is -0.382 e. The van der Waals surface area contributed by atoms with Crippen molar-refractivity contribution in [1.82, 2.24) is 15.1 Å². The van der Waals surface area contributed by atoms with Crippen molar-refractivity contribution in [2.75, 3.05) is 25.0 Å². The molecule has 0 saturated carbocycles. The first kappa shape index (κ1) is 14.4. The number of hydrogen-bond acceptors (Lipinski definition) is 3. The van der Waals surface area contributed by atoms with Crippen molar-refractivity contribution in [2.24, 2.45) is 0 Å². The first-order chi connectivity index (χ1) is 10.3. The van der Waals surface area contributed by atoms with Crippen molar-refractivity contribution in [2.45, 2.75) is 45.1 Å². The summed E-state index contributed by atoms with van der Waals surface area (Å²) in [5.74, 6) is 0. The van der Waals surface area contributed by atoms with E-state index in [4.69, 9.17) is 0 Å². The number of aromatic nitrogens is 2. The van der Waals surface area contributed by atoms with Crippen LogP contribution in [0.3, 0.4) is 0 Å². The van der Waals surface area contributed by atoms with E-state index in [0.717, 1.165) is 5.52 Å². The molecule has 0 atom stereocenters. The number of piperidine rings is 1. The number of hydrogen-bond donors (Lipinski definition) is 2. The molecule has 0 spiro atoms. The molecule has 0 unspecified atom stereocenters. The van der Waals surface area contributed by atoms with Gasteiger partial charge in [0, 0.05) is 30.2 Å². The molecular weight excluding hydrogens is 260 g/mol. The molecule has 1 aliphatic heterocycles. The standard InChI is InChI=1S/C17H26N4/c1-2-3-4-9-21-10-7-15(8-11-21)19-16-5-6-17-14(12-16)13-18-20-17/h5-6,12-13,15,19H,2-4,7-11H2,1H3,(H,18,20). The van der Waals surface area contributed by atoms with Crippen molar-refractivity contribution >= 4 is 16.6 Å². The molecule has 0 bridgehead atoms. The van der Waals surface area contributed by atoms with Crippen LogP contribution in [0.2, 0.25) is 0 Å². The Morgan fingerprint density at radius 1 is 1.29 bits per heavy atom. The number of nitrogens with zero attached hydrogens (tertiary/aromatic N) is 2. The lowest BCUT2D eigenvalue weighted by Gasteiger charge is -2.32. The summed E-state index contributed by atoms with van der Waals surface area (Å²) >= 11 is 0. The van der Waals surface area contributed by atoms with Gasteiger partial charge in [-0.1, -0.05) is 19.8 Å². The SMILES string of the molecule is CCCCCN1CCC(Nc2ccc3[nH]ncc3c2)CC1. The molecule has 1 aromatic heterocycles. The van der Waals surface area contributed by atoms with Crippen LogP contribution in [0.15, 0.2) is 24.4 Å². The number of H-pyrrole nitrogens is 1. The van der Waals surface area contributed by atoms with Crippen molar-refractivity contribution < 1.29 is 0 Å². The average Bonchev–Trinajstić information content (AvgIpc) is 2.97. The van der Waals surface area contributed by atoms with Gasteiger partial charge in [0.15, 0.2) is 0 Å². The molecule has 4 nitrogen and oxygen atoms in total. The van der Waals surface area contributed by atoms with E-state index in [1.807, 2.05) is 6.20 Å². The summed E-state index contributed by atoms with van der Waals surface area (Å²) < 4.78 is 0. The molecule has 0 radical (unpaired) electrons. The van der Waals surface area contributed by atoms with E-state index in [9.17, 15) is 0 Å². The molecule has 4 heteroatoms. The second-order valence-electron chi connectivity index (χ2n) is 6.14. The Morgan fingerprint density at radius 2 is 2.14 bits per heavy atom. The van der Waals surface area contributed by atoms with E-state index in [1.165, 1.54) is 62.8 Å². The van der Waals surface area contributed by atoms with Crippen LogP contribution in [0.1, 0.15) is 39.0 Å². The van der Waals surface area contributed by atoms with E-state index in [2.05, 4.69) is 45.5 Å². The normalized spacial score (nSPS) is 17.4. The van der Waals surface area contributed by atoms with Crippen LogP contribution in [0.25, 0.3) is 10.9 Å². The van der Waals surface area contributed by atoms with Crippen molar-refractivity contribution in [3.8, 4) is 0 Å². The monoisotopic (exact) mass is 286 g/mol. The number of aromatic amines is 1. The molecule has 1 aromatic carbocycles. The Labute approximate surface area is 126 Å². The maximum absolute atomic E-state index is 4.08. The molecule has 1 aliphatic rings. The molecule has 1 saturated heterocycles. The average molecular weight is 286 g/mol. The predicted octanol–water partition coefficient (Wildman–Crippen LogP) is 3.63. The van der Waals surface area contributed by atoms with Crippen molar-refractivity contribution in [3.63, 3.8) is 0 Å². The van der Waals surface area contributed by atoms with Crippen LogP contribution < -0.4 is 5.32 Å². The Bertz CT molecular complexity index is 555. The van der Waals surface area contributed by atoms with Crippen LogP contribution in [0, 0.1) is 0 Å². The van der Waals surface area contributed by atoms with Gasteiger partial charge in [-0.2, -0.15) is 5.10 Å². The van der Waals surface area contributed by atoms with Crippen LogP contribution >= 0.6 is 0 Å². The van der Waals surface area contributed by atoms with Gasteiger partial charge in [0.05, 0.1) is 11.7 Å². The number of nitrogens with one attached hydrogen (secondary N) is 2. The number of likely N-dealkylation sites (tertiary alicyclic amines) is 1. The van der Waals surface area contributed by atoms with Crippen molar-refractivity contribution in [1.29, 1.82) is 0 Å². The molecule has 3 rings (SSSR count). The minimum atomic E-state index is 0.608. The van der Waals surface area contributed by atoms with E-state index < -0.39 is 0 Å². The number of rotatable bonds is 6. The Morgan fingerprint density at radius 3 is 2.95 bits per heavy atom. The van der Waals surface area contributed by atoms with Crippen LogP contribution in [0.4, 0.5) is 5.69 Å². The first-order valence-electron chi connectivity index (χ1n) is 8.27. The summed E-state index contributed by atoms with van der Waals surface area (Å²) in [5.41, 5.74) is 2.32.